The topological polar surface area (TPSA) is 75.1 Å². The molecule has 19 heavy (non-hydrogen) atoms. The third-order valence-corrected chi connectivity index (χ3v) is 5.28. The molecule has 106 valence electrons. The zero-order valence-electron chi connectivity index (χ0n) is 11.8. The predicted octanol–water partition coefficient (Wildman–Crippen LogP) is 0.971. The van der Waals surface area contributed by atoms with Crippen molar-refractivity contribution in [2.24, 2.45) is 16.7 Å². The lowest BCUT2D eigenvalue weighted by Gasteiger charge is -2.40. The Labute approximate surface area is 112 Å². The smallest absolute Gasteiger partial charge is 0.328 e. The van der Waals surface area contributed by atoms with Gasteiger partial charge < -0.3 is 9.67 Å². The molecule has 0 unspecified atom stereocenters. The molecule has 1 heterocycles. The summed E-state index contributed by atoms with van der Waals surface area (Å²) in [6.07, 6.45) is 3.49. The van der Waals surface area contributed by atoms with Crippen molar-refractivity contribution in [2.75, 3.05) is 6.61 Å². The van der Waals surface area contributed by atoms with Gasteiger partial charge in [-0.1, -0.05) is 20.8 Å². The molecule has 5 nitrogen and oxygen atoms in total. The van der Waals surface area contributed by atoms with Crippen LogP contribution in [0.15, 0.2) is 21.9 Å². The SMILES string of the molecule is CC1(C)[C@@H](Cn2ccc(=O)[nH]c2=O)CC[C@@]1(C)CO. The molecule has 1 fully saturated rings. The summed E-state index contributed by atoms with van der Waals surface area (Å²) < 4.78 is 1.55. The Balaban J connectivity index is 2.26. The molecule has 0 amide bonds. The lowest BCUT2D eigenvalue weighted by atomic mass is 9.66. The van der Waals surface area contributed by atoms with Crippen molar-refractivity contribution in [3.8, 4) is 0 Å². The molecule has 2 atom stereocenters. The van der Waals surface area contributed by atoms with E-state index in [1.54, 1.807) is 10.8 Å². The van der Waals surface area contributed by atoms with Crippen LogP contribution in [0.3, 0.4) is 0 Å². The van der Waals surface area contributed by atoms with Crippen LogP contribution in [0.2, 0.25) is 0 Å². The first-order valence-electron chi connectivity index (χ1n) is 6.71. The van der Waals surface area contributed by atoms with Crippen molar-refractivity contribution in [1.29, 1.82) is 0 Å². The fourth-order valence-electron chi connectivity index (χ4n) is 3.10. The monoisotopic (exact) mass is 266 g/mol. The normalized spacial score (nSPS) is 29.6. The Morgan fingerprint density at radius 1 is 1.42 bits per heavy atom. The van der Waals surface area contributed by atoms with E-state index < -0.39 is 0 Å². The van der Waals surface area contributed by atoms with Crippen LogP contribution in [0.5, 0.6) is 0 Å². The van der Waals surface area contributed by atoms with E-state index in [9.17, 15) is 14.7 Å². The molecule has 2 rings (SSSR count). The summed E-state index contributed by atoms with van der Waals surface area (Å²) in [5.41, 5.74) is -0.881. The first kappa shape index (κ1) is 14.1. The van der Waals surface area contributed by atoms with Gasteiger partial charge in [0.05, 0.1) is 0 Å². The molecule has 0 radical (unpaired) electrons. The largest absolute Gasteiger partial charge is 0.396 e. The van der Waals surface area contributed by atoms with E-state index in [1.165, 1.54) is 6.07 Å². The van der Waals surface area contributed by atoms with Crippen LogP contribution >= 0.6 is 0 Å². The van der Waals surface area contributed by atoms with Crippen molar-refractivity contribution < 1.29 is 5.11 Å². The van der Waals surface area contributed by atoms with Crippen molar-refractivity contribution >= 4 is 0 Å². The number of aliphatic hydroxyl groups excluding tert-OH is 1. The van der Waals surface area contributed by atoms with Crippen molar-refractivity contribution in [1.82, 2.24) is 9.55 Å². The molecule has 0 spiro atoms. The lowest BCUT2D eigenvalue weighted by molar-refractivity contribution is 0.0213. The van der Waals surface area contributed by atoms with Gasteiger partial charge in [-0.25, -0.2) is 4.79 Å². The van der Waals surface area contributed by atoms with Crippen molar-refractivity contribution in [2.45, 2.75) is 40.2 Å². The number of hydrogen-bond donors (Lipinski definition) is 2. The quantitative estimate of drug-likeness (QED) is 0.856. The molecule has 1 aromatic rings. The summed E-state index contributed by atoms with van der Waals surface area (Å²) in [7, 11) is 0. The van der Waals surface area contributed by atoms with E-state index in [0.29, 0.717) is 12.5 Å². The average Bonchev–Trinajstić information content (AvgIpc) is 2.56. The minimum atomic E-state index is -0.368. The van der Waals surface area contributed by atoms with Gasteiger partial charge in [0, 0.05) is 25.4 Å². The minimum absolute atomic E-state index is 0.0443. The maximum absolute atomic E-state index is 11.7. The summed E-state index contributed by atoms with van der Waals surface area (Å²) in [4.78, 5) is 25.1. The molecule has 1 aliphatic carbocycles. The van der Waals surface area contributed by atoms with Crippen LogP contribution in [0.4, 0.5) is 0 Å². The van der Waals surface area contributed by atoms with Crippen molar-refractivity contribution in [3.05, 3.63) is 33.1 Å². The summed E-state index contributed by atoms with van der Waals surface area (Å²) in [6, 6.07) is 1.37. The Morgan fingerprint density at radius 2 is 2.11 bits per heavy atom. The molecule has 0 bridgehead atoms. The van der Waals surface area contributed by atoms with E-state index >= 15 is 0 Å². The minimum Gasteiger partial charge on any atom is -0.396 e. The number of nitrogens with one attached hydrogen (secondary N) is 1. The van der Waals surface area contributed by atoms with E-state index in [-0.39, 0.29) is 28.7 Å². The van der Waals surface area contributed by atoms with E-state index in [0.717, 1.165) is 12.8 Å². The average molecular weight is 266 g/mol. The maximum atomic E-state index is 11.7. The summed E-state index contributed by atoms with van der Waals surface area (Å²) >= 11 is 0. The lowest BCUT2D eigenvalue weighted by Crippen LogP contribution is -2.40. The third-order valence-electron chi connectivity index (χ3n) is 5.28. The fourth-order valence-corrected chi connectivity index (χ4v) is 3.10. The molecule has 1 saturated carbocycles. The standard InChI is InChI=1S/C14H22N2O3/c1-13(2)10(4-6-14(13,3)9-17)8-16-7-5-11(18)15-12(16)19/h5,7,10,17H,4,6,8-9H2,1-3H3,(H,15,18,19)/t10-,14+/m1/s1. The zero-order chi connectivity index (χ0) is 14.3. The van der Waals surface area contributed by atoms with Crippen LogP contribution < -0.4 is 11.2 Å². The summed E-state index contributed by atoms with van der Waals surface area (Å²) in [6.45, 7) is 7.15. The maximum Gasteiger partial charge on any atom is 0.328 e. The van der Waals surface area contributed by atoms with Crippen LogP contribution in [-0.2, 0) is 6.54 Å². The molecular weight excluding hydrogens is 244 g/mol. The van der Waals surface area contributed by atoms with E-state index in [2.05, 4.69) is 25.8 Å². The number of hydrogen-bond acceptors (Lipinski definition) is 3. The molecule has 2 N–H and O–H groups in total. The van der Waals surface area contributed by atoms with Gasteiger partial charge in [-0.2, -0.15) is 0 Å². The van der Waals surface area contributed by atoms with Gasteiger partial charge in [-0.05, 0) is 29.6 Å². The number of aliphatic hydroxyl groups is 1. The van der Waals surface area contributed by atoms with Crippen LogP contribution in [0.25, 0.3) is 0 Å². The summed E-state index contributed by atoms with van der Waals surface area (Å²) in [5, 5.41) is 9.62. The second-order valence-electron chi connectivity index (χ2n) is 6.44. The highest BCUT2D eigenvalue weighted by Crippen LogP contribution is 2.55. The van der Waals surface area contributed by atoms with Crippen LogP contribution in [0.1, 0.15) is 33.6 Å². The third kappa shape index (κ3) is 2.27. The Kier molecular flexibility index (Phi) is 3.43. The van der Waals surface area contributed by atoms with E-state index in [1.807, 2.05) is 0 Å². The number of aromatic amines is 1. The van der Waals surface area contributed by atoms with Gasteiger partial charge in [0.15, 0.2) is 0 Å². The van der Waals surface area contributed by atoms with Gasteiger partial charge in [0.2, 0.25) is 0 Å². The van der Waals surface area contributed by atoms with Crippen LogP contribution in [-0.4, -0.2) is 21.3 Å². The molecule has 0 aromatic carbocycles. The number of aromatic nitrogens is 2. The zero-order valence-corrected chi connectivity index (χ0v) is 11.8. The Bertz CT molecular complexity index is 573. The Morgan fingerprint density at radius 3 is 2.63 bits per heavy atom. The predicted molar refractivity (Wildman–Crippen MR) is 73.0 cm³/mol. The molecule has 1 aliphatic rings. The number of rotatable bonds is 3. The van der Waals surface area contributed by atoms with Gasteiger partial charge in [-0.3, -0.25) is 9.78 Å². The van der Waals surface area contributed by atoms with Gasteiger partial charge >= 0.3 is 5.69 Å². The van der Waals surface area contributed by atoms with Gasteiger partial charge in [0.25, 0.3) is 5.56 Å². The fraction of sp³-hybridized carbons (Fsp3) is 0.714. The summed E-state index contributed by atoms with van der Waals surface area (Å²) in [5.74, 6) is 0.313. The molecule has 0 aliphatic heterocycles. The Hall–Kier alpha value is -1.36. The molecule has 0 saturated heterocycles. The highest BCUT2D eigenvalue weighted by molar-refractivity contribution is 5.00. The number of nitrogens with zero attached hydrogens (tertiary/aromatic N) is 1. The first-order valence-corrected chi connectivity index (χ1v) is 6.71. The highest BCUT2D eigenvalue weighted by atomic mass is 16.3. The molecule has 1 aromatic heterocycles. The highest BCUT2D eigenvalue weighted by Gasteiger charge is 2.50. The molecule has 5 heteroatoms. The van der Waals surface area contributed by atoms with Crippen LogP contribution in [0, 0.1) is 16.7 Å². The second-order valence-corrected chi connectivity index (χ2v) is 6.44. The van der Waals surface area contributed by atoms with E-state index in [4.69, 9.17) is 0 Å². The molecular formula is C14H22N2O3. The van der Waals surface area contributed by atoms with Gasteiger partial charge in [0.1, 0.15) is 0 Å². The number of H-pyrrole nitrogens is 1. The first-order chi connectivity index (χ1) is 8.80. The van der Waals surface area contributed by atoms with Gasteiger partial charge in [-0.15, -0.1) is 0 Å². The van der Waals surface area contributed by atoms with Crippen molar-refractivity contribution in [3.63, 3.8) is 0 Å². The second kappa shape index (κ2) is 4.63.